The van der Waals surface area contributed by atoms with Gasteiger partial charge in [-0.15, -0.1) is 11.3 Å². The molecule has 2 aromatic heterocycles. The van der Waals surface area contributed by atoms with Crippen molar-refractivity contribution >= 4 is 22.0 Å². The molecule has 0 radical (unpaired) electrons. The largest absolute Gasteiger partial charge is 0.379 e. The lowest BCUT2D eigenvalue weighted by Crippen LogP contribution is -2.04. The van der Waals surface area contributed by atoms with Crippen molar-refractivity contribution in [2.45, 2.75) is 40.2 Å². The highest BCUT2D eigenvalue weighted by atomic mass is 32.1. The van der Waals surface area contributed by atoms with Gasteiger partial charge in [-0.25, -0.2) is 4.98 Å². The van der Waals surface area contributed by atoms with Crippen molar-refractivity contribution in [1.82, 2.24) is 9.38 Å². The van der Waals surface area contributed by atoms with E-state index < -0.39 is 0 Å². The number of anilines is 1. The van der Waals surface area contributed by atoms with E-state index in [-0.39, 0.29) is 0 Å². The highest BCUT2D eigenvalue weighted by Crippen LogP contribution is 2.22. The van der Waals surface area contributed by atoms with E-state index in [1.165, 1.54) is 17.0 Å². The Morgan fingerprint density at radius 1 is 1.19 bits per heavy atom. The molecule has 0 aliphatic carbocycles. The Morgan fingerprint density at radius 2 is 1.90 bits per heavy atom. The molecule has 0 aliphatic heterocycles. The Balaban J connectivity index is 1.80. The zero-order chi connectivity index (χ0) is 15.0. The van der Waals surface area contributed by atoms with Crippen molar-refractivity contribution in [3.63, 3.8) is 0 Å². The van der Waals surface area contributed by atoms with Gasteiger partial charge in [0, 0.05) is 16.8 Å². The number of nitrogens with one attached hydrogen (secondary N) is 1. The Kier molecular flexibility index (Phi) is 3.72. The number of thiazole rings is 1. The van der Waals surface area contributed by atoms with Crippen LogP contribution in [0.1, 0.15) is 42.4 Å². The molecule has 3 rings (SSSR count). The van der Waals surface area contributed by atoms with Gasteiger partial charge in [-0.1, -0.05) is 26.0 Å². The fraction of sp³-hybridized carbons (Fsp3) is 0.353. The van der Waals surface area contributed by atoms with Crippen molar-refractivity contribution in [2.75, 3.05) is 5.32 Å². The van der Waals surface area contributed by atoms with E-state index in [1.807, 2.05) is 0 Å². The van der Waals surface area contributed by atoms with E-state index in [1.54, 1.807) is 11.3 Å². The number of aryl methyl sites for hydroxylation is 2. The summed E-state index contributed by atoms with van der Waals surface area (Å²) >= 11 is 1.70. The minimum Gasteiger partial charge on any atom is -0.379 e. The number of hydrogen-bond acceptors (Lipinski definition) is 3. The molecule has 0 spiro atoms. The zero-order valence-corrected chi connectivity index (χ0v) is 13.8. The van der Waals surface area contributed by atoms with Crippen LogP contribution in [0.25, 0.3) is 4.96 Å². The first-order valence-corrected chi connectivity index (χ1v) is 8.20. The maximum atomic E-state index is 4.63. The number of nitrogens with zero attached hydrogens (tertiary/aromatic N) is 2. The normalized spacial score (nSPS) is 11.5. The number of aromatic nitrogens is 2. The summed E-state index contributed by atoms with van der Waals surface area (Å²) in [5, 5.41) is 5.66. The maximum absolute atomic E-state index is 4.63. The van der Waals surface area contributed by atoms with Crippen molar-refractivity contribution in [3.05, 3.63) is 52.3 Å². The molecule has 1 aromatic carbocycles. The van der Waals surface area contributed by atoms with Crippen LogP contribution < -0.4 is 5.32 Å². The summed E-state index contributed by atoms with van der Waals surface area (Å²) < 4.78 is 2.25. The van der Waals surface area contributed by atoms with E-state index >= 15 is 0 Å². The molecule has 0 bridgehead atoms. The predicted octanol–water partition coefficient (Wildman–Crippen LogP) is 4.75. The minimum absolute atomic E-state index is 0.573. The monoisotopic (exact) mass is 299 g/mol. The van der Waals surface area contributed by atoms with E-state index in [4.69, 9.17) is 0 Å². The molecule has 21 heavy (non-hydrogen) atoms. The first-order chi connectivity index (χ1) is 10.1. The van der Waals surface area contributed by atoms with Gasteiger partial charge in [0.15, 0.2) is 4.96 Å². The van der Waals surface area contributed by atoms with E-state index in [2.05, 4.69) is 72.0 Å². The van der Waals surface area contributed by atoms with Crippen LogP contribution in [0.3, 0.4) is 0 Å². The zero-order valence-electron chi connectivity index (χ0n) is 13.0. The smallest absolute Gasteiger partial charge is 0.194 e. The average Bonchev–Trinajstić information content (AvgIpc) is 2.97. The quantitative estimate of drug-likeness (QED) is 0.753. The number of hydrogen-bond donors (Lipinski definition) is 1. The lowest BCUT2D eigenvalue weighted by Gasteiger charge is -2.10. The number of rotatable bonds is 4. The lowest BCUT2D eigenvalue weighted by atomic mass is 10.0. The summed E-state index contributed by atoms with van der Waals surface area (Å²) in [6.45, 7) is 9.44. The van der Waals surface area contributed by atoms with Gasteiger partial charge in [0.05, 0.1) is 17.9 Å². The van der Waals surface area contributed by atoms with E-state index in [0.29, 0.717) is 5.92 Å². The SMILES string of the molecule is Cc1nc2scc(C)n2c1CNc1ccc(C(C)C)cc1. The van der Waals surface area contributed by atoms with Gasteiger partial charge in [-0.3, -0.25) is 4.40 Å². The van der Waals surface area contributed by atoms with Gasteiger partial charge in [0.1, 0.15) is 0 Å². The van der Waals surface area contributed by atoms with Gasteiger partial charge in [0.25, 0.3) is 0 Å². The van der Waals surface area contributed by atoms with Gasteiger partial charge in [-0.05, 0) is 37.5 Å². The second kappa shape index (κ2) is 5.53. The molecular weight excluding hydrogens is 278 g/mol. The molecule has 3 aromatic rings. The van der Waals surface area contributed by atoms with Crippen LogP contribution in [0.4, 0.5) is 5.69 Å². The Morgan fingerprint density at radius 3 is 2.57 bits per heavy atom. The molecule has 0 fully saturated rings. The Labute approximate surface area is 129 Å². The molecule has 0 atom stereocenters. The third kappa shape index (κ3) is 2.68. The number of benzene rings is 1. The summed E-state index contributed by atoms with van der Waals surface area (Å²) in [6.07, 6.45) is 0. The molecule has 2 heterocycles. The van der Waals surface area contributed by atoms with Gasteiger partial charge in [0.2, 0.25) is 0 Å². The number of imidazole rings is 1. The highest BCUT2D eigenvalue weighted by molar-refractivity contribution is 7.15. The van der Waals surface area contributed by atoms with Crippen molar-refractivity contribution in [1.29, 1.82) is 0 Å². The summed E-state index contributed by atoms with van der Waals surface area (Å²) in [7, 11) is 0. The first kappa shape index (κ1) is 14.1. The Bertz CT molecular complexity index is 750. The second-order valence-electron chi connectivity index (χ2n) is 5.77. The maximum Gasteiger partial charge on any atom is 0.194 e. The molecule has 4 heteroatoms. The second-order valence-corrected chi connectivity index (χ2v) is 6.61. The highest BCUT2D eigenvalue weighted by Gasteiger charge is 2.11. The van der Waals surface area contributed by atoms with E-state index in [9.17, 15) is 0 Å². The predicted molar refractivity (Wildman–Crippen MR) is 90.4 cm³/mol. The molecule has 0 saturated heterocycles. The van der Waals surface area contributed by atoms with Crippen LogP contribution in [0.5, 0.6) is 0 Å². The fourth-order valence-corrected chi connectivity index (χ4v) is 3.48. The molecule has 1 N–H and O–H groups in total. The molecule has 0 amide bonds. The fourth-order valence-electron chi connectivity index (χ4n) is 2.55. The molecule has 0 aliphatic rings. The van der Waals surface area contributed by atoms with Crippen LogP contribution in [-0.4, -0.2) is 9.38 Å². The third-order valence-corrected chi connectivity index (χ3v) is 4.81. The van der Waals surface area contributed by atoms with Crippen LogP contribution in [-0.2, 0) is 6.54 Å². The van der Waals surface area contributed by atoms with Crippen molar-refractivity contribution < 1.29 is 0 Å². The van der Waals surface area contributed by atoms with Crippen LogP contribution >= 0.6 is 11.3 Å². The summed E-state index contributed by atoms with van der Waals surface area (Å²) in [5.41, 5.74) is 6.13. The van der Waals surface area contributed by atoms with Crippen molar-refractivity contribution in [3.8, 4) is 0 Å². The molecule has 110 valence electrons. The minimum atomic E-state index is 0.573. The average molecular weight is 299 g/mol. The van der Waals surface area contributed by atoms with Crippen LogP contribution in [0.15, 0.2) is 29.6 Å². The topological polar surface area (TPSA) is 29.3 Å². The van der Waals surface area contributed by atoms with Gasteiger partial charge >= 0.3 is 0 Å². The lowest BCUT2D eigenvalue weighted by molar-refractivity contribution is 0.866. The van der Waals surface area contributed by atoms with Crippen LogP contribution in [0, 0.1) is 13.8 Å². The third-order valence-electron chi connectivity index (χ3n) is 3.87. The Hall–Kier alpha value is -1.81. The van der Waals surface area contributed by atoms with Gasteiger partial charge in [-0.2, -0.15) is 0 Å². The van der Waals surface area contributed by atoms with Gasteiger partial charge < -0.3 is 5.32 Å². The van der Waals surface area contributed by atoms with Crippen LogP contribution in [0.2, 0.25) is 0 Å². The molecule has 0 unspecified atom stereocenters. The molecular formula is C17H21N3S. The summed E-state index contributed by atoms with van der Waals surface area (Å²) in [5.74, 6) is 0.573. The van der Waals surface area contributed by atoms with E-state index in [0.717, 1.165) is 22.9 Å². The molecule has 0 saturated carbocycles. The summed E-state index contributed by atoms with van der Waals surface area (Å²) in [6, 6.07) is 8.70. The first-order valence-electron chi connectivity index (χ1n) is 7.32. The number of fused-ring (bicyclic) bond motifs is 1. The summed E-state index contributed by atoms with van der Waals surface area (Å²) in [4.78, 5) is 5.71. The standard InChI is InChI=1S/C17H21N3S/c1-11(2)14-5-7-15(8-6-14)18-9-16-13(4)19-17-20(16)12(3)10-21-17/h5-8,10-11,18H,9H2,1-4H3. The van der Waals surface area contributed by atoms with Crippen molar-refractivity contribution in [2.24, 2.45) is 0 Å². The molecule has 3 nitrogen and oxygen atoms in total.